The van der Waals surface area contributed by atoms with Crippen molar-refractivity contribution in [2.24, 2.45) is 0 Å². The zero-order valence-corrected chi connectivity index (χ0v) is 13.2. The Kier molecular flexibility index (Phi) is 15.2. The molecule has 20 heavy (non-hydrogen) atoms. The van der Waals surface area contributed by atoms with Crippen LogP contribution in [0.5, 0.6) is 0 Å². The van der Waals surface area contributed by atoms with Crippen LogP contribution in [0.4, 0.5) is 0 Å². The van der Waals surface area contributed by atoms with Crippen molar-refractivity contribution in [1.29, 1.82) is 0 Å². The quantitative estimate of drug-likeness (QED) is 0.180. The van der Waals surface area contributed by atoms with Gasteiger partial charge in [-0.1, -0.05) is 64.2 Å². The van der Waals surface area contributed by atoms with Gasteiger partial charge in [0.1, 0.15) is 0 Å². The molecule has 0 aliphatic rings. The van der Waals surface area contributed by atoms with Crippen molar-refractivity contribution in [1.82, 2.24) is 0 Å². The van der Waals surface area contributed by atoms with E-state index in [0.29, 0.717) is 6.61 Å². The second kappa shape index (κ2) is 16.0. The number of allylic oxidation sites excluding steroid dienone is 2. The molecule has 0 aromatic carbocycles. The minimum absolute atomic E-state index is 0.313. The molecular formula is C18H32O2. The van der Waals surface area contributed by atoms with Crippen LogP contribution in [-0.4, -0.2) is 12.6 Å². The number of unbranched alkanes of at least 4 members (excludes halogenated alkanes) is 9. The molecule has 0 heterocycles. The lowest BCUT2D eigenvalue weighted by atomic mass is 10.1. The van der Waals surface area contributed by atoms with E-state index in [1.165, 1.54) is 63.9 Å². The summed E-state index contributed by atoms with van der Waals surface area (Å²) in [7, 11) is 0. The van der Waals surface area contributed by atoms with Crippen molar-refractivity contribution in [3.63, 3.8) is 0 Å². The third-order valence-electron chi connectivity index (χ3n) is 3.32. The molecule has 0 fully saturated rings. The largest absolute Gasteiger partial charge is 0.463 e. The van der Waals surface area contributed by atoms with Gasteiger partial charge in [-0.15, -0.1) is 0 Å². The molecule has 0 aliphatic heterocycles. The zero-order chi connectivity index (χ0) is 14.9. The Morgan fingerprint density at radius 1 is 0.900 bits per heavy atom. The van der Waals surface area contributed by atoms with Crippen molar-refractivity contribution < 1.29 is 9.53 Å². The van der Waals surface area contributed by atoms with Crippen molar-refractivity contribution in [3.05, 3.63) is 24.8 Å². The lowest BCUT2D eigenvalue weighted by Gasteiger charge is -2.01. The van der Waals surface area contributed by atoms with Gasteiger partial charge in [-0.25, -0.2) is 4.79 Å². The van der Waals surface area contributed by atoms with E-state index in [1.54, 1.807) is 0 Å². The number of rotatable bonds is 14. The Bertz CT molecular complexity index is 256. The highest BCUT2D eigenvalue weighted by molar-refractivity contribution is 5.81. The Hall–Kier alpha value is -1.05. The van der Waals surface area contributed by atoms with Gasteiger partial charge in [0, 0.05) is 6.08 Å². The number of hydrogen-bond donors (Lipinski definition) is 0. The van der Waals surface area contributed by atoms with Crippen molar-refractivity contribution in [2.45, 2.75) is 77.6 Å². The van der Waals surface area contributed by atoms with E-state index < -0.39 is 0 Å². The number of carbonyl (C=O) groups is 1. The lowest BCUT2D eigenvalue weighted by Crippen LogP contribution is -2.01. The highest BCUT2D eigenvalue weighted by atomic mass is 16.5. The molecule has 0 N–H and O–H groups in total. The second-order valence-electron chi connectivity index (χ2n) is 5.25. The van der Waals surface area contributed by atoms with E-state index >= 15 is 0 Å². The van der Waals surface area contributed by atoms with Crippen molar-refractivity contribution in [2.75, 3.05) is 6.61 Å². The van der Waals surface area contributed by atoms with Gasteiger partial charge in [-0.2, -0.15) is 0 Å². The maximum Gasteiger partial charge on any atom is 0.330 e. The summed E-state index contributed by atoms with van der Waals surface area (Å²) in [4.78, 5) is 10.8. The molecule has 0 bridgehead atoms. The summed E-state index contributed by atoms with van der Waals surface area (Å²) in [5, 5.41) is 0. The zero-order valence-electron chi connectivity index (χ0n) is 13.2. The van der Waals surface area contributed by atoms with Gasteiger partial charge in [0.15, 0.2) is 0 Å². The Balaban J connectivity index is 3.11. The smallest absolute Gasteiger partial charge is 0.330 e. The van der Waals surface area contributed by atoms with Crippen molar-refractivity contribution in [3.8, 4) is 0 Å². The van der Waals surface area contributed by atoms with Crippen molar-refractivity contribution >= 4 is 5.97 Å². The molecule has 0 aliphatic carbocycles. The molecule has 0 radical (unpaired) electrons. The average Bonchev–Trinajstić information content (AvgIpc) is 2.47. The fraction of sp³-hybridized carbons (Fsp3) is 0.722. The van der Waals surface area contributed by atoms with E-state index in [4.69, 9.17) is 4.74 Å². The second-order valence-corrected chi connectivity index (χ2v) is 5.25. The maximum atomic E-state index is 10.8. The molecule has 0 amide bonds. The fourth-order valence-corrected chi connectivity index (χ4v) is 2.05. The van der Waals surface area contributed by atoms with Crippen LogP contribution in [0, 0.1) is 0 Å². The van der Waals surface area contributed by atoms with Crippen LogP contribution in [0.15, 0.2) is 24.8 Å². The van der Waals surface area contributed by atoms with Gasteiger partial charge >= 0.3 is 5.97 Å². The Morgan fingerprint density at radius 2 is 1.45 bits per heavy atom. The summed E-state index contributed by atoms with van der Waals surface area (Å²) in [5.41, 5.74) is 0. The highest BCUT2D eigenvalue weighted by Crippen LogP contribution is 2.07. The minimum atomic E-state index is -0.313. The normalized spacial score (nSPS) is 10.8. The molecule has 2 heteroatoms. The molecule has 0 saturated heterocycles. The van der Waals surface area contributed by atoms with Crippen LogP contribution in [-0.2, 0) is 9.53 Å². The van der Waals surface area contributed by atoms with Gasteiger partial charge in [-0.05, 0) is 32.1 Å². The SMILES string of the molecule is C=CC(=O)OCCCCCC/C=C/CCCCCCC. The van der Waals surface area contributed by atoms with Crippen LogP contribution in [0.3, 0.4) is 0 Å². The molecule has 0 unspecified atom stereocenters. The standard InChI is InChI=1S/C18H32O2/c1-3-5-6-7-8-9-10-11-12-13-14-15-16-17-20-18(19)4-2/h4,10-11H,2-3,5-9,12-17H2,1H3/b11-10+. The predicted octanol–water partition coefficient (Wildman–Crippen LogP) is 5.58. The summed E-state index contributed by atoms with van der Waals surface area (Å²) in [6, 6.07) is 0. The fourth-order valence-electron chi connectivity index (χ4n) is 2.05. The summed E-state index contributed by atoms with van der Waals surface area (Å²) in [5.74, 6) is -0.313. The van der Waals surface area contributed by atoms with Crippen LogP contribution in [0.2, 0.25) is 0 Å². The first kappa shape index (κ1) is 18.9. The molecule has 2 nitrogen and oxygen atoms in total. The van der Waals surface area contributed by atoms with Crippen LogP contribution < -0.4 is 0 Å². The van der Waals surface area contributed by atoms with Gasteiger partial charge in [0.2, 0.25) is 0 Å². The third kappa shape index (κ3) is 15.0. The number of esters is 1. The summed E-state index contributed by atoms with van der Waals surface area (Å²) >= 11 is 0. The topological polar surface area (TPSA) is 26.3 Å². The molecule has 0 rings (SSSR count). The molecule has 0 aromatic rings. The molecule has 0 saturated carbocycles. The maximum absolute atomic E-state index is 10.8. The predicted molar refractivity (Wildman–Crippen MR) is 86.8 cm³/mol. The van der Waals surface area contributed by atoms with E-state index in [-0.39, 0.29) is 5.97 Å². The highest BCUT2D eigenvalue weighted by Gasteiger charge is 1.94. The number of hydrogen-bond acceptors (Lipinski definition) is 2. The minimum Gasteiger partial charge on any atom is -0.463 e. The average molecular weight is 280 g/mol. The van der Waals surface area contributed by atoms with E-state index in [9.17, 15) is 4.79 Å². The lowest BCUT2D eigenvalue weighted by molar-refractivity contribution is -0.137. The Labute approximate surface area is 125 Å². The first-order valence-electron chi connectivity index (χ1n) is 8.25. The Morgan fingerprint density at radius 3 is 2.00 bits per heavy atom. The van der Waals surface area contributed by atoms with Gasteiger partial charge in [0.05, 0.1) is 6.61 Å². The monoisotopic (exact) mass is 280 g/mol. The van der Waals surface area contributed by atoms with Gasteiger partial charge in [0.25, 0.3) is 0 Å². The molecule has 116 valence electrons. The number of ether oxygens (including phenoxy) is 1. The van der Waals surface area contributed by atoms with E-state index in [2.05, 4.69) is 25.7 Å². The van der Waals surface area contributed by atoms with E-state index in [0.717, 1.165) is 12.8 Å². The first-order chi connectivity index (χ1) is 9.81. The first-order valence-corrected chi connectivity index (χ1v) is 8.25. The summed E-state index contributed by atoms with van der Waals surface area (Å²) in [6.45, 7) is 6.14. The third-order valence-corrected chi connectivity index (χ3v) is 3.32. The van der Waals surface area contributed by atoms with Gasteiger partial charge in [-0.3, -0.25) is 0 Å². The van der Waals surface area contributed by atoms with E-state index in [1.807, 2.05) is 0 Å². The molecule has 0 spiro atoms. The van der Waals surface area contributed by atoms with Crippen LogP contribution >= 0.6 is 0 Å². The van der Waals surface area contributed by atoms with Crippen LogP contribution in [0.1, 0.15) is 77.6 Å². The summed E-state index contributed by atoms with van der Waals surface area (Å²) in [6.07, 6.45) is 19.6. The van der Waals surface area contributed by atoms with Gasteiger partial charge < -0.3 is 4.74 Å². The molecule has 0 aromatic heterocycles. The van der Waals surface area contributed by atoms with Crippen LogP contribution in [0.25, 0.3) is 0 Å². The number of carbonyl (C=O) groups excluding carboxylic acids is 1. The molecule has 0 atom stereocenters. The summed E-state index contributed by atoms with van der Waals surface area (Å²) < 4.78 is 4.92. The molecular weight excluding hydrogens is 248 g/mol.